The third kappa shape index (κ3) is 6.45. The summed E-state index contributed by atoms with van der Waals surface area (Å²) in [5.41, 5.74) is 1.74. The summed E-state index contributed by atoms with van der Waals surface area (Å²) >= 11 is 0. The van der Waals surface area contributed by atoms with Crippen LogP contribution in [-0.2, 0) is 16.1 Å². The normalized spacial score (nSPS) is 12.5. The molecule has 1 aromatic rings. The molecular formula is C17H24O4. The van der Waals surface area contributed by atoms with Gasteiger partial charge in [-0.25, -0.2) is 4.79 Å². The number of methoxy groups -OCH3 is 1. The van der Waals surface area contributed by atoms with Gasteiger partial charge in [0.2, 0.25) is 0 Å². The predicted molar refractivity (Wildman–Crippen MR) is 83.4 cm³/mol. The number of aliphatic carboxylic acids is 1. The molecule has 0 radical (unpaired) electrons. The molecule has 0 fully saturated rings. The van der Waals surface area contributed by atoms with Gasteiger partial charge in [-0.05, 0) is 36.1 Å². The van der Waals surface area contributed by atoms with Crippen molar-refractivity contribution >= 4 is 12.0 Å². The van der Waals surface area contributed by atoms with Gasteiger partial charge in [0, 0.05) is 18.2 Å². The molecule has 0 aliphatic carbocycles. The Kier molecular flexibility index (Phi) is 7.54. The second-order valence-corrected chi connectivity index (χ2v) is 5.15. The minimum Gasteiger partial charge on any atom is -0.496 e. The van der Waals surface area contributed by atoms with Crippen LogP contribution >= 0.6 is 0 Å². The fourth-order valence-corrected chi connectivity index (χ4v) is 2.13. The molecule has 0 aliphatic rings. The highest BCUT2D eigenvalue weighted by atomic mass is 16.5. The van der Waals surface area contributed by atoms with Crippen molar-refractivity contribution in [3.63, 3.8) is 0 Å². The standard InChI is InChI=1S/C17H24O4/c1-4-5-13(2)11-21-12-15-10-14(7-9-17(18)19)6-8-16(15)20-3/h6-10,13H,4-5,11-12H2,1-3H3,(H,18,19)/b9-7+. The third-order valence-corrected chi connectivity index (χ3v) is 3.16. The quantitative estimate of drug-likeness (QED) is 0.704. The van der Waals surface area contributed by atoms with E-state index in [4.69, 9.17) is 14.6 Å². The number of carboxylic acid groups (broad SMARTS) is 1. The molecule has 1 atom stereocenters. The van der Waals surface area contributed by atoms with Gasteiger partial charge in [-0.15, -0.1) is 0 Å². The molecule has 1 rings (SSSR count). The first-order chi connectivity index (χ1) is 10.1. The summed E-state index contributed by atoms with van der Waals surface area (Å²) < 4.78 is 11.0. The van der Waals surface area contributed by atoms with Crippen LogP contribution in [0.15, 0.2) is 24.3 Å². The summed E-state index contributed by atoms with van der Waals surface area (Å²) in [6.07, 6.45) is 4.99. The summed E-state index contributed by atoms with van der Waals surface area (Å²) in [6, 6.07) is 5.54. The van der Waals surface area contributed by atoms with Crippen molar-refractivity contribution < 1.29 is 19.4 Å². The van der Waals surface area contributed by atoms with Gasteiger partial charge in [-0.2, -0.15) is 0 Å². The molecule has 116 valence electrons. The lowest BCUT2D eigenvalue weighted by Gasteiger charge is -2.13. The molecule has 0 amide bonds. The number of ether oxygens (including phenoxy) is 2. The predicted octanol–water partition coefficient (Wildman–Crippen LogP) is 3.75. The van der Waals surface area contributed by atoms with E-state index in [0.29, 0.717) is 19.1 Å². The van der Waals surface area contributed by atoms with Gasteiger partial charge in [-0.1, -0.05) is 26.3 Å². The molecule has 0 spiro atoms. The number of carboxylic acids is 1. The van der Waals surface area contributed by atoms with E-state index in [-0.39, 0.29) is 0 Å². The Morgan fingerprint density at radius 1 is 1.43 bits per heavy atom. The lowest BCUT2D eigenvalue weighted by Crippen LogP contribution is -2.06. The fraction of sp³-hybridized carbons (Fsp3) is 0.471. The molecule has 4 nitrogen and oxygen atoms in total. The molecule has 1 N–H and O–H groups in total. The van der Waals surface area contributed by atoms with Crippen molar-refractivity contribution in [2.75, 3.05) is 13.7 Å². The zero-order chi connectivity index (χ0) is 15.7. The molecular weight excluding hydrogens is 268 g/mol. The number of hydrogen-bond donors (Lipinski definition) is 1. The van der Waals surface area contributed by atoms with Crippen LogP contribution in [0.25, 0.3) is 6.08 Å². The Morgan fingerprint density at radius 3 is 2.81 bits per heavy atom. The number of hydrogen-bond acceptors (Lipinski definition) is 3. The van der Waals surface area contributed by atoms with Crippen molar-refractivity contribution in [2.45, 2.75) is 33.3 Å². The van der Waals surface area contributed by atoms with Crippen LogP contribution in [0.3, 0.4) is 0 Å². The summed E-state index contributed by atoms with van der Waals surface area (Å²) in [4.78, 5) is 10.6. The van der Waals surface area contributed by atoms with E-state index < -0.39 is 5.97 Å². The van der Waals surface area contributed by atoms with Gasteiger partial charge in [0.15, 0.2) is 0 Å². The van der Waals surface area contributed by atoms with E-state index in [1.807, 2.05) is 18.2 Å². The van der Waals surface area contributed by atoms with Gasteiger partial charge >= 0.3 is 5.97 Å². The van der Waals surface area contributed by atoms with E-state index in [9.17, 15) is 4.79 Å². The number of carbonyl (C=O) groups is 1. The summed E-state index contributed by atoms with van der Waals surface area (Å²) in [6.45, 7) is 5.52. The van der Waals surface area contributed by atoms with Crippen LogP contribution in [0.5, 0.6) is 5.75 Å². The largest absolute Gasteiger partial charge is 0.496 e. The maximum absolute atomic E-state index is 10.6. The van der Waals surface area contributed by atoms with Gasteiger partial charge in [0.05, 0.1) is 13.7 Å². The summed E-state index contributed by atoms with van der Waals surface area (Å²) in [5.74, 6) is 0.332. The summed E-state index contributed by atoms with van der Waals surface area (Å²) in [7, 11) is 1.62. The van der Waals surface area contributed by atoms with Gasteiger partial charge in [0.25, 0.3) is 0 Å². The van der Waals surface area contributed by atoms with Crippen LogP contribution in [-0.4, -0.2) is 24.8 Å². The Balaban J connectivity index is 2.69. The average Bonchev–Trinajstić information content (AvgIpc) is 2.45. The number of benzene rings is 1. The molecule has 4 heteroatoms. The summed E-state index contributed by atoms with van der Waals surface area (Å²) in [5, 5.41) is 8.66. The van der Waals surface area contributed by atoms with E-state index in [0.717, 1.165) is 35.8 Å². The van der Waals surface area contributed by atoms with E-state index in [2.05, 4.69) is 13.8 Å². The van der Waals surface area contributed by atoms with Gasteiger partial charge < -0.3 is 14.6 Å². The van der Waals surface area contributed by atoms with Gasteiger partial charge in [-0.3, -0.25) is 0 Å². The Labute approximate surface area is 126 Å². The zero-order valence-corrected chi connectivity index (χ0v) is 13.0. The van der Waals surface area contributed by atoms with Crippen LogP contribution in [0.4, 0.5) is 0 Å². The fourth-order valence-electron chi connectivity index (χ4n) is 2.13. The van der Waals surface area contributed by atoms with Crippen molar-refractivity contribution in [3.05, 3.63) is 35.4 Å². The highest BCUT2D eigenvalue weighted by Crippen LogP contribution is 2.22. The molecule has 0 bridgehead atoms. The molecule has 0 aromatic heterocycles. The van der Waals surface area contributed by atoms with Crippen LogP contribution in [0.2, 0.25) is 0 Å². The van der Waals surface area contributed by atoms with E-state index in [1.165, 1.54) is 0 Å². The molecule has 0 saturated carbocycles. The maximum Gasteiger partial charge on any atom is 0.328 e. The minimum absolute atomic E-state index is 0.464. The topological polar surface area (TPSA) is 55.8 Å². The molecule has 0 heterocycles. The average molecular weight is 292 g/mol. The highest BCUT2D eigenvalue weighted by molar-refractivity contribution is 5.85. The third-order valence-electron chi connectivity index (χ3n) is 3.16. The lowest BCUT2D eigenvalue weighted by atomic mass is 10.1. The monoisotopic (exact) mass is 292 g/mol. The SMILES string of the molecule is CCCC(C)COCc1cc(/C=C/C(=O)O)ccc1OC. The highest BCUT2D eigenvalue weighted by Gasteiger charge is 2.06. The Bertz CT molecular complexity index is 480. The smallest absolute Gasteiger partial charge is 0.328 e. The van der Waals surface area contributed by atoms with Crippen LogP contribution in [0.1, 0.15) is 37.8 Å². The van der Waals surface area contributed by atoms with Crippen molar-refractivity contribution in [3.8, 4) is 5.75 Å². The Hall–Kier alpha value is -1.81. The van der Waals surface area contributed by atoms with E-state index >= 15 is 0 Å². The lowest BCUT2D eigenvalue weighted by molar-refractivity contribution is -0.131. The molecule has 0 saturated heterocycles. The van der Waals surface area contributed by atoms with Crippen molar-refractivity contribution in [1.29, 1.82) is 0 Å². The van der Waals surface area contributed by atoms with Crippen molar-refractivity contribution in [2.24, 2.45) is 5.92 Å². The first kappa shape index (κ1) is 17.2. The van der Waals surface area contributed by atoms with Gasteiger partial charge in [0.1, 0.15) is 5.75 Å². The van der Waals surface area contributed by atoms with Crippen LogP contribution < -0.4 is 4.74 Å². The second-order valence-electron chi connectivity index (χ2n) is 5.15. The molecule has 1 aromatic carbocycles. The molecule has 1 unspecified atom stereocenters. The molecule has 0 aliphatic heterocycles. The first-order valence-corrected chi connectivity index (χ1v) is 7.22. The first-order valence-electron chi connectivity index (χ1n) is 7.22. The minimum atomic E-state index is -0.961. The zero-order valence-electron chi connectivity index (χ0n) is 13.0. The Morgan fingerprint density at radius 2 is 2.19 bits per heavy atom. The number of rotatable bonds is 9. The molecule has 21 heavy (non-hydrogen) atoms. The maximum atomic E-state index is 10.6. The van der Waals surface area contributed by atoms with Crippen molar-refractivity contribution in [1.82, 2.24) is 0 Å². The van der Waals surface area contributed by atoms with E-state index in [1.54, 1.807) is 13.2 Å². The van der Waals surface area contributed by atoms with Crippen LogP contribution in [0, 0.1) is 5.92 Å². The second kappa shape index (κ2) is 9.19.